The van der Waals surface area contributed by atoms with Crippen LogP contribution in [0.3, 0.4) is 0 Å². The number of amides is 1. The number of alkyl halides is 7. The molecule has 12 heteroatoms. The van der Waals surface area contributed by atoms with Crippen molar-refractivity contribution in [3.63, 3.8) is 0 Å². The molecule has 0 fully saturated rings. The molecule has 25 heavy (non-hydrogen) atoms. The maximum absolute atomic E-state index is 13.1. The zero-order valence-electron chi connectivity index (χ0n) is 12.3. The van der Waals surface area contributed by atoms with E-state index < -0.39 is 35.4 Å². The van der Waals surface area contributed by atoms with Gasteiger partial charge >= 0.3 is 18.0 Å². The molecule has 1 heterocycles. The normalized spacial score (nSPS) is 13.4. The minimum atomic E-state index is -6.62. The maximum Gasteiger partial charge on any atom is 0.460 e. The fraction of sp³-hybridized carbons (Fsp3) is 0.308. The summed E-state index contributed by atoms with van der Waals surface area (Å²) in [5.41, 5.74) is 3.28. The van der Waals surface area contributed by atoms with Gasteiger partial charge in [-0.25, -0.2) is 0 Å². The Morgan fingerprint density at radius 1 is 1.08 bits per heavy atom. The summed E-state index contributed by atoms with van der Waals surface area (Å²) in [5, 5.41) is 0. The molecule has 0 saturated heterocycles. The van der Waals surface area contributed by atoms with E-state index in [0.717, 1.165) is 13.1 Å². The molecule has 2 N–H and O–H groups in total. The molecule has 0 radical (unpaired) electrons. The summed E-state index contributed by atoms with van der Waals surface area (Å²) >= 11 is 0. The van der Waals surface area contributed by atoms with Gasteiger partial charge in [0, 0.05) is 24.2 Å². The van der Waals surface area contributed by atoms with Gasteiger partial charge in [-0.1, -0.05) is 0 Å². The summed E-state index contributed by atoms with van der Waals surface area (Å²) < 4.78 is 87.7. The van der Waals surface area contributed by atoms with Crippen molar-refractivity contribution in [3.8, 4) is 0 Å². The standard InChI is InChI=1S/C13H10F7N3O2/c1-7(22-23-10(25)8-3-2-4-21-6-8)5-9(24)11(14,15)12(16,17)13(18,19)20/h2-6,22H,1H3,(H,23,25)/b7-5-. The van der Waals surface area contributed by atoms with E-state index in [0.29, 0.717) is 0 Å². The number of carbonyl (C=O) groups excluding carboxylic acids is 2. The van der Waals surface area contributed by atoms with Crippen molar-refractivity contribution in [2.24, 2.45) is 0 Å². The molecular weight excluding hydrogens is 363 g/mol. The van der Waals surface area contributed by atoms with Crippen molar-refractivity contribution in [1.82, 2.24) is 15.8 Å². The molecule has 0 saturated carbocycles. The van der Waals surface area contributed by atoms with E-state index in [4.69, 9.17) is 0 Å². The first-order chi connectivity index (χ1) is 11.3. The lowest BCUT2D eigenvalue weighted by molar-refractivity contribution is -0.342. The number of allylic oxidation sites excluding steroid dienone is 2. The molecule has 0 spiro atoms. The van der Waals surface area contributed by atoms with Crippen molar-refractivity contribution in [2.45, 2.75) is 24.9 Å². The van der Waals surface area contributed by atoms with E-state index in [9.17, 15) is 40.3 Å². The van der Waals surface area contributed by atoms with E-state index in [1.807, 2.05) is 10.9 Å². The number of aromatic nitrogens is 1. The van der Waals surface area contributed by atoms with E-state index in [-0.39, 0.29) is 11.6 Å². The van der Waals surface area contributed by atoms with Crippen LogP contribution in [-0.4, -0.2) is 34.7 Å². The van der Waals surface area contributed by atoms with Gasteiger partial charge in [-0.15, -0.1) is 0 Å². The minimum Gasteiger partial charge on any atom is -0.303 e. The lowest BCUT2D eigenvalue weighted by Crippen LogP contribution is -2.55. The van der Waals surface area contributed by atoms with Crippen LogP contribution in [0, 0.1) is 0 Å². The Balaban J connectivity index is 2.81. The van der Waals surface area contributed by atoms with Gasteiger partial charge in [0.1, 0.15) is 0 Å². The monoisotopic (exact) mass is 373 g/mol. The van der Waals surface area contributed by atoms with Crippen LogP contribution in [0.4, 0.5) is 30.7 Å². The Morgan fingerprint density at radius 3 is 2.16 bits per heavy atom. The molecule has 0 atom stereocenters. The molecule has 0 bridgehead atoms. The number of rotatable bonds is 6. The summed E-state index contributed by atoms with van der Waals surface area (Å²) in [5.74, 6) is -16.2. The van der Waals surface area contributed by atoms with Gasteiger partial charge in [-0.2, -0.15) is 30.7 Å². The number of carbonyl (C=O) groups is 2. The van der Waals surface area contributed by atoms with Crippen LogP contribution in [0.1, 0.15) is 17.3 Å². The van der Waals surface area contributed by atoms with E-state index in [1.165, 1.54) is 18.3 Å². The highest BCUT2D eigenvalue weighted by atomic mass is 19.4. The van der Waals surface area contributed by atoms with Crippen LogP contribution in [0.2, 0.25) is 0 Å². The van der Waals surface area contributed by atoms with Crippen LogP contribution in [0.5, 0.6) is 0 Å². The summed E-state index contributed by atoms with van der Waals surface area (Å²) in [6, 6.07) is 2.73. The number of halogens is 7. The van der Waals surface area contributed by atoms with Crippen LogP contribution in [0.25, 0.3) is 0 Å². The number of nitrogens with zero attached hydrogens (tertiary/aromatic N) is 1. The van der Waals surface area contributed by atoms with Gasteiger partial charge in [-0.3, -0.25) is 20.0 Å². The Labute approximate surface area is 135 Å². The van der Waals surface area contributed by atoms with E-state index in [1.54, 1.807) is 0 Å². The number of hydrogen-bond acceptors (Lipinski definition) is 4. The molecule has 0 unspecified atom stereocenters. The number of hydrazine groups is 1. The van der Waals surface area contributed by atoms with Crippen LogP contribution in [0.15, 0.2) is 36.3 Å². The van der Waals surface area contributed by atoms with Crippen molar-refractivity contribution in [1.29, 1.82) is 0 Å². The third-order valence-electron chi connectivity index (χ3n) is 2.70. The molecule has 0 aliphatic rings. The summed E-state index contributed by atoms with van der Waals surface area (Å²) in [6.45, 7) is 0.892. The van der Waals surface area contributed by atoms with Crippen molar-refractivity contribution < 1.29 is 40.3 Å². The molecule has 0 aliphatic carbocycles. The van der Waals surface area contributed by atoms with Gasteiger partial charge in [0.2, 0.25) is 5.78 Å². The predicted molar refractivity (Wildman–Crippen MR) is 69.6 cm³/mol. The predicted octanol–water partition coefficient (Wildman–Crippen LogP) is 2.62. The van der Waals surface area contributed by atoms with E-state index in [2.05, 4.69) is 4.98 Å². The lowest BCUT2D eigenvalue weighted by Gasteiger charge is -2.26. The van der Waals surface area contributed by atoms with Crippen LogP contribution < -0.4 is 10.9 Å². The van der Waals surface area contributed by atoms with Gasteiger partial charge in [0.05, 0.1) is 5.56 Å². The topological polar surface area (TPSA) is 71.1 Å². The fourth-order valence-electron chi connectivity index (χ4n) is 1.38. The fourth-order valence-corrected chi connectivity index (χ4v) is 1.38. The number of pyridine rings is 1. The Kier molecular flexibility index (Phi) is 5.76. The Bertz CT molecular complexity index is 672. The first-order valence-electron chi connectivity index (χ1n) is 6.32. The Morgan fingerprint density at radius 2 is 1.68 bits per heavy atom. The molecule has 1 aromatic heterocycles. The van der Waals surface area contributed by atoms with Gasteiger partial charge in [0.15, 0.2) is 0 Å². The van der Waals surface area contributed by atoms with Crippen LogP contribution in [-0.2, 0) is 4.79 Å². The second-order valence-corrected chi connectivity index (χ2v) is 4.66. The van der Waals surface area contributed by atoms with Crippen molar-refractivity contribution in [3.05, 3.63) is 41.9 Å². The SMILES string of the molecule is C/C(=C/C(=O)C(F)(F)C(F)(F)C(F)(F)F)NNC(=O)c1cccnc1. The Hall–Kier alpha value is -2.66. The zero-order valence-corrected chi connectivity index (χ0v) is 12.3. The van der Waals surface area contributed by atoms with Crippen molar-refractivity contribution in [2.75, 3.05) is 0 Å². The average Bonchev–Trinajstić information content (AvgIpc) is 2.52. The minimum absolute atomic E-state index is 0.0306. The van der Waals surface area contributed by atoms with Crippen LogP contribution >= 0.6 is 0 Å². The summed E-state index contributed by atoms with van der Waals surface area (Å²) in [6.07, 6.45) is -4.30. The molecule has 1 amide bonds. The lowest BCUT2D eigenvalue weighted by atomic mass is 10.1. The first kappa shape index (κ1) is 20.4. The second-order valence-electron chi connectivity index (χ2n) is 4.66. The third kappa shape index (κ3) is 4.45. The highest BCUT2D eigenvalue weighted by Gasteiger charge is 2.75. The quantitative estimate of drug-likeness (QED) is 0.457. The summed E-state index contributed by atoms with van der Waals surface area (Å²) in [7, 11) is 0. The van der Waals surface area contributed by atoms with Crippen molar-refractivity contribution >= 4 is 11.7 Å². The second kappa shape index (κ2) is 7.07. The maximum atomic E-state index is 13.1. The zero-order chi connectivity index (χ0) is 19.5. The van der Waals surface area contributed by atoms with Gasteiger partial charge in [-0.05, 0) is 19.1 Å². The molecule has 1 aromatic rings. The van der Waals surface area contributed by atoms with Gasteiger partial charge in [0.25, 0.3) is 5.91 Å². The highest BCUT2D eigenvalue weighted by Crippen LogP contribution is 2.47. The summed E-state index contributed by atoms with van der Waals surface area (Å²) in [4.78, 5) is 26.3. The molecule has 5 nitrogen and oxygen atoms in total. The molecule has 0 aliphatic heterocycles. The molecular formula is C13H10F7N3O2. The number of nitrogens with one attached hydrogen (secondary N) is 2. The highest BCUT2D eigenvalue weighted by molar-refractivity contribution is 5.97. The van der Waals surface area contributed by atoms with Gasteiger partial charge < -0.3 is 5.43 Å². The van der Waals surface area contributed by atoms with E-state index >= 15 is 0 Å². The first-order valence-corrected chi connectivity index (χ1v) is 6.32. The molecule has 1 rings (SSSR count). The smallest absolute Gasteiger partial charge is 0.303 e. The number of hydrogen-bond donors (Lipinski definition) is 2. The molecule has 0 aromatic carbocycles. The molecule has 138 valence electrons. The number of ketones is 1. The third-order valence-corrected chi connectivity index (χ3v) is 2.70. The largest absolute Gasteiger partial charge is 0.460 e. The average molecular weight is 373 g/mol.